The summed E-state index contributed by atoms with van der Waals surface area (Å²) in [5.41, 5.74) is 1.95. The normalized spacial score (nSPS) is 16.9. The van der Waals surface area contributed by atoms with Crippen molar-refractivity contribution >= 4 is 33.3 Å². The van der Waals surface area contributed by atoms with Crippen LogP contribution in [0.2, 0.25) is 0 Å². The van der Waals surface area contributed by atoms with Crippen LogP contribution in [0.3, 0.4) is 0 Å². The van der Waals surface area contributed by atoms with Gasteiger partial charge in [0.05, 0.1) is 12.2 Å². The van der Waals surface area contributed by atoms with Crippen molar-refractivity contribution in [1.29, 1.82) is 0 Å². The predicted octanol–water partition coefficient (Wildman–Crippen LogP) is 3.09. The molecule has 1 N–H and O–H groups in total. The highest BCUT2D eigenvalue weighted by Crippen LogP contribution is 2.24. The van der Waals surface area contributed by atoms with Crippen molar-refractivity contribution in [2.75, 3.05) is 36.9 Å². The molecule has 0 spiro atoms. The van der Waals surface area contributed by atoms with E-state index in [1.807, 2.05) is 44.3 Å². The van der Waals surface area contributed by atoms with Gasteiger partial charge in [-0.1, -0.05) is 6.07 Å². The highest BCUT2D eigenvalue weighted by molar-refractivity contribution is 9.10. The fourth-order valence-corrected chi connectivity index (χ4v) is 3.95. The summed E-state index contributed by atoms with van der Waals surface area (Å²) in [4.78, 5) is 16.7. The van der Waals surface area contributed by atoms with Gasteiger partial charge in [-0.05, 0) is 72.6 Å². The van der Waals surface area contributed by atoms with E-state index in [1.54, 1.807) is 6.20 Å². The number of aryl methyl sites for hydroxylation is 1. The summed E-state index contributed by atoms with van der Waals surface area (Å²) in [6.07, 6.45) is 3.93. The standard InChI is InChI=1S/C19H24BrN5O/c1-14-7-8-17(16(20)11-14)22-19(26)13-24(2)12-15-5-4-10-25(15)18-6-3-9-21-23-18/h3,6-9,11,15H,4-5,10,12-13H2,1-2H3,(H,22,26). The molecule has 1 aromatic carbocycles. The van der Waals surface area contributed by atoms with Crippen molar-refractivity contribution < 1.29 is 4.79 Å². The molecule has 3 rings (SSSR count). The van der Waals surface area contributed by atoms with Gasteiger partial charge in [0.1, 0.15) is 0 Å². The number of nitrogens with zero attached hydrogens (tertiary/aromatic N) is 4. The fraction of sp³-hybridized carbons (Fsp3) is 0.421. The van der Waals surface area contributed by atoms with Gasteiger partial charge in [-0.25, -0.2) is 0 Å². The molecule has 0 saturated carbocycles. The quantitative estimate of drug-likeness (QED) is 0.782. The Bertz CT molecular complexity index is 755. The smallest absolute Gasteiger partial charge is 0.238 e. The number of hydrogen-bond acceptors (Lipinski definition) is 5. The Morgan fingerprint density at radius 2 is 2.27 bits per heavy atom. The number of amides is 1. The molecule has 6 nitrogen and oxygen atoms in total. The molecule has 138 valence electrons. The lowest BCUT2D eigenvalue weighted by Crippen LogP contribution is -2.42. The van der Waals surface area contributed by atoms with Crippen LogP contribution in [0, 0.1) is 6.92 Å². The Kier molecular flexibility index (Phi) is 6.21. The number of halogens is 1. The summed E-state index contributed by atoms with van der Waals surface area (Å²) in [6.45, 7) is 4.18. The molecule has 0 aliphatic carbocycles. The summed E-state index contributed by atoms with van der Waals surface area (Å²) in [5.74, 6) is 0.901. The average molecular weight is 418 g/mol. The van der Waals surface area contributed by atoms with Crippen LogP contribution in [-0.2, 0) is 4.79 Å². The summed E-state index contributed by atoms with van der Waals surface area (Å²) >= 11 is 3.50. The van der Waals surface area contributed by atoms with Crippen LogP contribution in [-0.4, -0.2) is 53.7 Å². The van der Waals surface area contributed by atoms with Crippen LogP contribution < -0.4 is 10.2 Å². The molecule has 0 radical (unpaired) electrons. The van der Waals surface area contributed by atoms with Crippen LogP contribution in [0.5, 0.6) is 0 Å². The van der Waals surface area contributed by atoms with E-state index in [9.17, 15) is 4.79 Å². The first-order chi connectivity index (χ1) is 12.5. The van der Waals surface area contributed by atoms with Gasteiger partial charge in [0.2, 0.25) is 5.91 Å². The molecule has 0 bridgehead atoms. The first-order valence-electron chi connectivity index (χ1n) is 8.82. The van der Waals surface area contributed by atoms with Crippen molar-refractivity contribution in [3.05, 3.63) is 46.6 Å². The Balaban J connectivity index is 1.54. The van der Waals surface area contributed by atoms with Crippen LogP contribution in [0.15, 0.2) is 41.0 Å². The van der Waals surface area contributed by atoms with Crippen LogP contribution >= 0.6 is 15.9 Å². The molecule has 1 aromatic heterocycles. The van der Waals surface area contributed by atoms with Crippen LogP contribution in [0.25, 0.3) is 0 Å². The maximum absolute atomic E-state index is 12.4. The largest absolute Gasteiger partial charge is 0.351 e. The van der Waals surface area contributed by atoms with Crippen molar-refractivity contribution in [1.82, 2.24) is 15.1 Å². The van der Waals surface area contributed by atoms with E-state index < -0.39 is 0 Å². The zero-order chi connectivity index (χ0) is 18.5. The second kappa shape index (κ2) is 8.60. The lowest BCUT2D eigenvalue weighted by Gasteiger charge is -2.29. The molecule has 7 heteroatoms. The van der Waals surface area contributed by atoms with Crippen molar-refractivity contribution in [2.24, 2.45) is 0 Å². The molecule has 1 atom stereocenters. The Hall–Kier alpha value is -1.99. The van der Waals surface area contributed by atoms with Gasteiger partial charge in [0.15, 0.2) is 5.82 Å². The Morgan fingerprint density at radius 3 is 3.00 bits per heavy atom. The third kappa shape index (κ3) is 4.80. The predicted molar refractivity (Wildman–Crippen MR) is 107 cm³/mol. The lowest BCUT2D eigenvalue weighted by molar-refractivity contribution is -0.117. The number of carbonyl (C=O) groups excluding carboxylic acids is 1. The second-order valence-corrected chi connectivity index (χ2v) is 7.65. The van der Waals surface area contributed by atoms with Gasteiger partial charge in [0.25, 0.3) is 0 Å². The van der Waals surface area contributed by atoms with Crippen molar-refractivity contribution in [2.45, 2.75) is 25.8 Å². The molecule has 1 fully saturated rings. The van der Waals surface area contributed by atoms with E-state index in [1.165, 1.54) is 0 Å². The highest BCUT2D eigenvalue weighted by Gasteiger charge is 2.27. The number of likely N-dealkylation sites (N-methyl/N-ethyl adjacent to an activating group) is 1. The van der Waals surface area contributed by atoms with E-state index in [-0.39, 0.29) is 5.91 Å². The van der Waals surface area contributed by atoms with Crippen molar-refractivity contribution in [3.8, 4) is 0 Å². The highest BCUT2D eigenvalue weighted by atomic mass is 79.9. The molecule has 26 heavy (non-hydrogen) atoms. The van der Waals surface area contributed by atoms with Gasteiger partial charge >= 0.3 is 0 Å². The van der Waals surface area contributed by atoms with Gasteiger partial charge < -0.3 is 10.2 Å². The van der Waals surface area contributed by atoms with E-state index in [2.05, 4.69) is 41.2 Å². The minimum absolute atomic E-state index is 0.0129. The first-order valence-corrected chi connectivity index (χ1v) is 9.61. The van der Waals surface area contributed by atoms with E-state index in [0.29, 0.717) is 12.6 Å². The summed E-state index contributed by atoms with van der Waals surface area (Å²) in [7, 11) is 1.98. The minimum Gasteiger partial charge on any atom is -0.351 e. The summed E-state index contributed by atoms with van der Waals surface area (Å²) in [6, 6.07) is 10.2. The van der Waals surface area contributed by atoms with Gasteiger partial charge in [-0.2, -0.15) is 5.10 Å². The number of carbonyl (C=O) groups is 1. The number of nitrogens with one attached hydrogen (secondary N) is 1. The SMILES string of the molecule is Cc1ccc(NC(=O)CN(C)CC2CCCN2c2cccnn2)c(Br)c1. The lowest BCUT2D eigenvalue weighted by atomic mass is 10.2. The molecule has 1 saturated heterocycles. The minimum atomic E-state index is -0.0129. The molecule has 1 amide bonds. The molecule has 1 aliphatic heterocycles. The van der Waals surface area contributed by atoms with Crippen molar-refractivity contribution in [3.63, 3.8) is 0 Å². The second-order valence-electron chi connectivity index (χ2n) is 6.80. The van der Waals surface area contributed by atoms with Gasteiger partial charge in [-0.15, -0.1) is 5.10 Å². The fourth-order valence-electron chi connectivity index (χ4n) is 3.35. The van der Waals surface area contributed by atoms with E-state index in [4.69, 9.17) is 0 Å². The molecular formula is C19H24BrN5O. The van der Waals surface area contributed by atoms with Gasteiger partial charge in [0, 0.05) is 29.8 Å². The number of anilines is 2. The van der Waals surface area contributed by atoms with Crippen LogP contribution in [0.4, 0.5) is 11.5 Å². The number of rotatable bonds is 6. The third-order valence-corrected chi connectivity index (χ3v) is 5.22. The average Bonchev–Trinajstić information content (AvgIpc) is 3.06. The maximum Gasteiger partial charge on any atom is 0.238 e. The first kappa shape index (κ1) is 18.8. The molecule has 1 unspecified atom stereocenters. The molecule has 2 aromatic rings. The Labute approximate surface area is 162 Å². The van der Waals surface area contributed by atoms with Gasteiger partial charge in [-0.3, -0.25) is 9.69 Å². The molecular weight excluding hydrogens is 394 g/mol. The monoisotopic (exact) mass is 417 g/mol. The third-order valence-electron chi connectivity index (χ3n) is 4.56. The van der Waals surface area contributed by atoms with E-state index >= 15 is 0 Å². The molecule has 1 aliphatic rings. The Morgan fingerprint density at radius 1 is 1.42 bits per heavy atom. The number of hydrogen-bond donors (Lipinski definition) is 1. The maximum atomic E-state index is 12.4. The van der Waals surface area contributed by atoms with E-state index in [0.717, 1.165) is 47.5 Å². The number of benzene rings is 1. The summed E-state index contributed by atoms with van der Waals surface area (Å²) in [5, 5.41) is 11.2. The zero-order valence-corrected chi connectivity index (χ0v) is 16.7. The topological polar surface area (TPSA) is 61.4 Å². The van der Waals surface area contributed by atoms with Crippen LogP contribution in [0.1, 0.15) is 18.4 Å². The zero-order valence-electron chi connectivity index (χ0n) is 15.2. The molecule has 2 heterocycles. The summed E-state index contributed by atoms with van der Waals surface area (Å²) < 4.78 is 0.901. The number of aromatic nitrogens is 2.